The van der Waals surface area contributed by atoms with Gasteiger partial charge in [-0.2, -0.15) is 0 Å². The predicted molar refractivity (Wildman–Crippen MR) is 113 cm³/mol. The van der Waals surface area contributed by atoms with Crippen LogP contribution in [0, 0.1) is 0 Å². The summed E-state index contributed by atoms with van der Waals surface area (Å²) in [6.07, 6.45) is 0. The highest BCUT2D eigenvalue weighted by atomic mass is 16.2. The second kappa shape index (κ2) is 8.90. The van der Waals surface area contributed by atoms with Gasteiger partial charge in [0, 0.05) is 26.3 Å². The van der Waals surface area contributed by atoms with Crippen LogP contribution in [0.2, 0.25) is 0 Å². The van der Waals surface area contributed by atoms with E-state index in [1.165, 1.54) is 5.56 Å². The maximum Gasteiger partial charge on any atom is 0.246 e. The largest absolute Gasteiger partial charge is 0.374 e. The number of carbonyl (C=O) groups excluding carboxylic acids is 1. The molecule has 1 N–H and O–H groups in total. The van der Waals surface area contributed by atoms with Gasteiger partial charge in [-0.1, -0.05) is 60.7 Å². The third kappa shape index (κ3) is 4.88. The lowest BCUT2D eigenvalue weighted by Gasteiger charge is -2.24. The highest BCUT2D eigenvalue weighted by Gasteiger charge is 2.12. The lowest BCUT2D eigenvalue weighted by Crippen LogP contribution is -2.32. The number of hydrogen-bond acceptors (Lipinski definition) is 3. The van der Waals surface area contributed by atoms with E-state index in [-0.39, 0.29) is 12.5 Å². The summed E-state index contributed by atoms with van der Waals surface area (Å²) >= 11 is 0. The highest BCUT2D eigenvalue weighted by Crippen LogP contribution is 2.26. The summed E-state index contributed by atoms with van der Waals surface area (Å²) in [6.45, 7) is 1.04. The molecular weight excluding hydrogens is 334 g/mol. The first-order valence-electron chi connectivity index (χ1n) is 9.04. The zero-order valence-electron chi connectivity index (χ0n) is 15.8. The fourth-order valence-corrected chi connectivity index (χ4v) is 2.98. The Kier molecular flexibility index (Phi) is 6.10. The average Bonchev–Trinajstić information content (AvgIpc) is 2.73. The molecule has 0 atom stereocenters. The molecule has 27 heavy (non-hydrogen) atoms. The Balaban J connectivity index is 1.66. The van der Waals surface area contributed by atoms with Crippen molar-refractivity contribution in [2.75, 3.05) is 35.8 Å². The number of nitrogens with one attached hydrogen (secondary N) is 1. The maximum atomic E-state index is 12.5. The lowest BCUT2D eigenvalue weighted by molar-refractivity contribution is -0.116. The van der Waals surface area contributed by atoms with Gasteiger partial charge in [0.2, 0.25) is 5.91 Å². The number of carbonyl (C=O) groups is 1. The summed E-state index contributed by atoms with van der Waals surface area (Å²) in [4.78, 5) is 16.4. The molecule has 0 heterocycles. The summed E-state index contributed by atoms with van der Waals surface area (Å²) in [7, 11) is 3.86. The van der Waals surface area contributed by atoms with E-state index in [9.17, 15) is 4.79 Å². The van der Waals surface area contributed by atoms with Gasteiger partial charge in [0.15, 0.2) is 0 Å². The van der Waals surface area contributed by atoms with Crippen LogP contribution in [0.4, 0.5) is 17.1 Å². The van der Waals surface area contributed by atoms with Crippen molar-refractivity contribution in [3.8, 4) is 0 Å². The number of hydrogen-bond donors (Lipinski definition) is 1. The molecule has 0 radical (unpaired) electrons. The molecule has 138 valence electrons. The molecule has 0 spiro atoms. The molecule has 4 heteroatoms. The van der Waals surface area contributed by atoms with Gasteiger partial charge in [0.1, 0.15) is 0 Å². The molecule has 3 rings (SSSR count). The van der Waals surface area contributed by atoms with Gasteiger partial charge in [-0.3, -0.25) is 4.79 Å². The molecule has 0 saturated heterocycles. The molecule has 3 aromatic carbocycles. The molecule has 0 fully saturated rings. The van der Waals surface area contributed by atoms with E-state index in [1.54, 1.807) is 11.9 Å². The van der Waals surface area contributed by atoms with Gasteiger partial charge < -0.3 is 15.1 Å². The van der Waals surface area contributed by atoms with Crippen molar-refractivity contribution in [2.24, 2.45) is 0 Å². The van der Waals surface area contributed by atoms with Crippen LogP contribution in [-0.4, -0.2) is 26.5 Å². The summed E-state index contributed by atoms with van der Waals surface area (Å²) < 4.78 is 0. The van der Waals surface area contributed by atoms with Crippen LogP contribution in [0.1, 0.15) is 5.56 Å². The normalized spacial score (nSPS) is 10.3. The third-order valence-electron chi connectivity index (χ3n) is 4.53. The third-order valence-corrected chi connectivity index (χ3v) is 4.53. The Hall–Kier alpha value is -3.27. The summed E-state index contributed by atoms with van der Waals surface area (Å²) in [5.41, 5.74) is 4.15. The van der Waals surface area contributed by atoms with Gasteiger partial charge in [0.05, 0.1) is 17.9 Å². The van der Waals surface area contributed by atoms with Gasteiger partial charge in [-0.15, -0.1) is 0 Å². The van der Waals surface area contributed by atoms with Gasteiger partial charge in [-0.05, 0) is 29.8 Å². The first-order chi connectivity index (χ1) is 13.1. The smallest absolute Gasteiger partial charge is 0.246 e. The van der Waals surface area contributed by atoms with E-state index >= 15 is 0 Å². The van der Waals surface area contributed by atoms with E-state index < -0.39 is 0 Å². The molecular formula is C23H25N3O. The van der Waals surface area contributed by atoms with Crippen LogP contribution in [0.3, 0.4) is 0 Å². The number of amides is 1. The molecule has 0 aliphatic heterocycles. The van der Waals surface area contributed by atoms with Crippen LogP contribution < -0.4 is 15.1 Å². The van der Waals surface area contributed by atoms with Crippen LogP contribution >= 0.6 is 0 Å². The van der Waals surface area contributed by atoms with E-state index in [0.717, 1.165) is 23.6 Å². The molecule has 0 unspecified atom stereocenters. The molecule has 0 saturated carbocycles. The maximum absolute atomic E-state index is 12.5. The second-order valence-electron chi connectivity index (χ2n) is 6.50. The summed E-state index contributed by atoms with van der Waals surface area (Å²) in [5.74, 6) is 0.0155. The number of likely N-dealkylation sites (N-methyl/N-ethyl adjacent to an activating group) is 1. The van der Waals surface area contributed by atoms with E-state index in [0.29, 0.717) is 0 Å². The fraction of sp³-hybridized carbons (Fsp3) is 0.174. The fourth-order valence-electron chi connectivity index (χ4n) is 2.98. The van der Waals surface area contributed by atoms with Crippen molar-refractivity contribution in [3.05, 3.63) is 90.5 Å². The van der Waals surface area contributed by atoms with Crippen molar-refractivity contribution >= 4 is 23.0 Å². The predicted octanol–water partition coefficient (Wildman–Crippen LogP) is 4.40. The number of nitrogens with zero attached hydrogens (tertiary/aromatic N) is 2. The Morgan fingerprint density at radius 2 is 1.41 bits per heavy atom. The highest BCUT2D eigenvalue weighted by molar-refractivity contribution is 5.96. The number of anilines is 3. The van der Waals surface area contributed by atoms with Crippen LogP contribution in [0.15, 0.2) is 84.9 Å². The number of para-hydroxylation sites is 3. The minimum Gasteiger partial charge on any atom is -0.374 e. The minimum atomic E-state index is 0.0155. The monoisotopic (exact) mass is 359 g/mol. The lowest BCUT2D eigenvalue weighted by atomic mass is 10.2. The van der Waals surface area contributed by atoms with E-state index in [1.807, 2.05) is 66.7 Å². The van der Waals surface area contributed by atoms with Gasteiger partial charge in [0.25, 0.3) is 0 Å². The SMILES string of the molecule is CN(Cc1ccccc1)c1ccccc1NCC(=O)N(C)c1ccccc1. The first-order valence-corrected chi connectivity index (χ1v) is 9.04. The van der Waals surface area contributed by atoms with Crippen molar-refractivity contribution in [1.82, 2.24) is 0 Å². The Labute approximate surface area is 161 Å². The molecule has 4 nitrogen and oxygen atoms in total. The Morgan fingerprint density at radius 1 is 0.815 bits per heavy atom. The zero-order valence-corrected chi connectivity index (χ0v) is 15.8. The molecule has 0 bridgehead atoms. The van der Waals surface area contributed by atoms with Crippen molar-refractivity contribution in [3.63, 3.8) is 0 Å². The molecule has 1 amide bonds. The minimum absolute atomic E-state index is 0.0155. The average molecular weight is 359 g/mol. The number of rotatable bonds is 7. The Morgan fingerprint density at radius 3 is 2.11 bits per heavy atom. The van der Waals surface area contributed by atoms with Crippen molar-refractivity contribution in [1.29, 1.82) is 0 Å². The quantitative estimate of drug-likeness (QED) is 0.679. The van der Waals surface area contributed by atoms with Gasteiger partial charge >= 0.3 is 0 Å². The van der Waals surface area contributed by atoms with E-state index in [4.69, 9.17) is 0 Å². The molecule has 3 aromatic rings. The summed E-state index contributed by atoms with van der Waals surface area (Å²) in [6, 6.07) is 28.1. The van der Waals surface area contributed by atoms with E-state index in [2.05, 4.69) is 35.5 Å². The van der Waals surface area contributed by atoms with Crippen LogP contribution in [0.5, 0.6) is 0 Å². The van der Waals surface area contributed by atoms with Crippen molar-refractivity contribution < 1.29 is 4.79 Å². The van der Waals surface area contributed by atoms with Crippen LogP contribution in [-0.2, 0) is 11.3 Å². The molecule has 0 aliphatic rings. The molecule has 0 aromatic heterocycles. The second-order valence-corrected chi connectivity index (χ2v) is 6.50. The summed E-state index contributed by atoms with van der Waals surface area (Å²) in [5, 5.41) is 3.30. The van der Waals surface area contributed by atoms with Crippen molar-refractivity contribution in [2.45, 2.75) is 6.54 Å². The van der Waals surface area contributed by atoms with Crippen LogP contribution in [0.25, 0.3) is 0 Å². The first kappa shape index (κ1) is 18.5. The molecule has 0 aliphatic carbocycles. The topological polar surface area (TPSA) is 35.6 Å². The van der Waals surface area contributed by atoms with Gasteiger partial charge in [-0.25, -0.2) is 0 Å². The number of benzene rings is 3. The zero-order chi connectivity index (χ0) is 19.1. The Bertz CT molecular complexity index is 865. The standard InChI is InChI=1S/C23H25N3O/c1-25(18-19-11-5-3-6-12-19)22-16-10-9-15-21(22)24-17-23(27)26(2)20-13-7-4-8-14-20/h3-16,24H,17-18H2,1-2H3.